The Kier molecular flexibility index (Phi) is 4.56. The molecule has 0 fully saturated rings. The Hall–Kier alpha value is -3.09. The molecule has 0 aliphatic carbocycles. The minimum Gasteiger partial charge on any atom is -0.408 e. The van der Waals surface area contributed by atoms with E-state index in [1.165, 1.54) is 4.57 Å². The van der Waals surface area contributed by atoms with E-state index in [4.69, 9.17) is 4.42 Å². The molecule has 0 radical (unpaired) electrons. The third-order valence-electron chi connectivity index (χ3n) is 4.20. The number of hydrogen-bond acceptors (Lipinski definition) is 4. The third-order valence-corrected chi connectivity index (χ3v) is 4.20. The van der Waals surface area contributed by atoms with Gasteiger partial charge in [-0.3, -0.25) is 14.0 Å². The van der Waals surface area contributed by atoms with E-state index in [0.717, 1.165) is 22.5 Å². The van der Waals surface area contributed by atoms with E-state index in [1.807, 2.05) is 51.2 Å². The summed E-state index contributed by atoms with van der Waals surface area (Å²) in [6, 6.07) is 9.29. The van der Waals surface area contributed by atoms with Crippen molar-refractivity contribution >= 4 is 5.91 Å². The Bertz CT molecular complexity index is 951. The van der Waals surface area contributed by atoms with Crippen molar-refractivity contribution in [2.24, 2.45) is 7.05 Å². The molecular formula is C18H20N4O3. The standard InChI is InChI=1S/C18H20N4O3/c1-12-15(13(2)21(3)20-12)9-19-17(23)11-22-10-16(25-18(22)24)14-7-5-4-6-8-14/h4-8,10H,9,11H2,1-3H3,(H,19,23). The average Bonchev–Trinajstić information content (AvgIpc) is 3.07. The minimum absolute atomic E-state index is 0.0898. The highest BCUT2D eigenvalue weighted by Gasteiger charge is 2.13. The van der Waals surface area contributed by atoms with Gasteiger partial charge >= 0.3 is 5.76 Å². The van der Waals surface area contributed by atoms with E-state index in [1.54, 1.807) is 10.9 Å². The van der Waals surface area contributed by atoms with Gasteiger partial charge in [0.25, 0.3) is 0 Å². The maximum absolute atomic E-state index is 12.2. The maximum Gasteiger partial charge on any atom is 0.419 e. The highest BCUT2D eigenvalue weighted by atomic mass is 16.4. The third kappa shape index (κ3) is 3.55. The van der Waals surface area contributed by atoms with Gasteiger partial charge in [-0.2, -0.15) is 5.10 Å². The van der Waals surface area contributed by atoms with E-state index < -0.39 is 5.76 Å². The maximum atomic E-state index is 12.2. The molecule has 0 bridgehead atoms. The van der Waals surface area contributed by atoms with E-state index in [0.29, 0.717) is 12.3 Å². The zero-order valence-corrected chi connectivity index (χ0v) is 14.4. The molecule has 3 aromatic rings. The van der Waals surface area contributed by atoms with Gasteiger partial charge in [-0.05, 0) is 13.8 Å². The summed E-state index contributed by atoms with van der Waals surface area (Å²) in [6.07, 6.45) is 1.55. The molecule has 3 rings (SSSR count). The summed E-state index contributed by atoms with van der Waals surface area (Å²) >= 11 is 0. The molecule has 25 heavy (non-hydrogen) atoms. The second-order valence-electron chi connectivity index (χ2n) is 5.90. The molecule has 0 aliphatic heterocycles. The van der Waals surface area contributed by atoms with Gasteiger partial charge in [-0.15, -0.1) is 0 Å². The summed E-state index contributed by atoms with van der Waals surface area (Å²) in [5, 5.41) is 7.14. The van der Waals surface area contributed by atoms with Crippen LogP contribution in [0.15, 0.2) is 45.7 Å². The highest BCUT2D eigenvalue weighted by Crippen LogP contribution is 2.17. The van der Waals surface area contributed by atoms with Crippen LogP contribution < -0.4 is 11.1 Å². The van der Waals surface area contributed by atoms with Crippen LogP contribution in [0.5, 0.6) is 0 Å². The number of nitrogens with zero attached hydrogens (tertiary/aromatic N) is 3. The number of oxazole rings is 1. The number of carbonyl (C=O) groups excluding carboxylic acids is 1. The van der Waals surface area contributed by atoms with Gasteiger partial charge in [0.2, 0.25) is 5.91 Å². The normalized spacial score (nSPS) is 10.8. The van der Waals surface area contributed by atoms with Crippen molar-refractivity contribution in [3.05, 3.63) is 64.0 Å². The van der Waals surface area contributed by atoms with Crippen molar-refractivity contribution < 1.29 is 9.21 Å². The number of carbonyl (C=O) groups is 1. The molecule has 0 atom stereocenters. The van der Waals surface area contributed by atoms with Gasteiger partial charge in [0, 0.05) is 30.4 Å². The fourth-order valence-electron chi connectivity index (χ4n) is 2.69. The fourth-order valence-corrected chi connectivity index (χ4v) is 2.69. The topological polar surface area (TPSA) is 82.1 Å². The largest absolute Gasteiger partial charge is 0.419 e. The van der Waals surface area contributed by atoms with Crippen LogP contribution >= 0.6 is 0 Å². The number of amides is 1. The smallest absolute Gasteiger partial charge is 0.408 e. The Balaban J connectivity index is 1.67. The number of aryl methyl sites for hydroxylation is 2. The second-order valence-corrected chi connectivity index (χ2v) is 5.90. The minimum atomic E-state index is -0.553. The summed E-state index contributed by atoms with van der Waals surface area (Å²) < 4.78 is 8.27. The predicted octanol–water partition coefficient (Wildman–Crippen LogP) is 1.78. The number of aromatic nitrogens is 3. The highest BCUT2D eigenvalue weighted by molar-refractivity contribution is 5.75. The SMILES string of the molecule is Cc1nn(C)c(C)c1CNC(=O)Cn1cc(-c2ccccc2)oc1=O. The van der Waals surface area contributed by atoms with E-state index in [-0.39, 0.29) is 12.5 Å². The van der Waals surface area contributed by atoms with Crippen molar-refractivity contribution in [2.45, 2.75) is 26.9 Å². The Morgan fingerprint density at radius 3 is 2.60 bits per heavy atom. The van der Waals surface area contributed by atoms with Crippen molar-refractivity contribution in [1.82, 2.24) is 19.7 Å². The summed E-state index contributed by atoms with van der Waals surface area (Å²) in [7, 11) is 1.86. The number of hydrogen-bond donors (Lipinski definition) is 1. The molecule has 130 valence electrons. The Morgan fingerprint density at radius 1 is 1.24 bits per heavy atom. The Morgan fingerprint density at radius 2 is 1.96 bits per heavy atom. The summed E-state index contributed by atoms with van der Waals surface area (Å²) in [5.74, 6) is -0.370. The van der Waals surface area contributed by atoms with Crippen LogP contribution in [0, 0.1) is 13.8 Å². The van der Waals surface area contributed by atoms with Gasteiger partial charge in [0.15, 0.2) is 5.76 Å². The first-order valence-electron chi connectivity index (χ1n) is 7.97. The van der Waals surface area contributed by atoms with Crippen LogP contribution in [-0.4, -0.2) is 20.3 Å². The molecule has 0 unspecified atom stereocenters. The lowest BCUT2D eigenvalue weighted by Crippen LogP contribution is -2.30. The lowest BCUT2D eigenvalue weighted by Gasteiger charge is -2.05. The molecule has 2 aromatic heterocycles. The molecule has 0 aliphatic rings. The van der Waals surface area contributed by atoms with Crippen LogP contribution in [0.1, 0.15) is 17.0 Å². The molecule has 7 nitrogen and oxygen atoms in total. The van der Waals surface area contributed by atoms with Crippen molar-refractivity contribution in [1.29, 1.82) is 0 Å². The molecule has 1 aromatic carbocycles. The molecule has 1 N–H and O–H groups in total. The molecule has 0 spiro atoms. The number of rotatable bonds is 5. The van der Waals surface area contributed by atoms with E-state index in [2.05, 4.69) is 10.4 Å². The van der Waals surface area contributed by atoms with Crippen molar-refractivity contribution in [2.75, 3.05) is 0 Å². The first kappa shape index (κ1) is 16.8. The monoisotopic (exact) mass is 340 g/mol. The van der Waals surface area contributed by atoms with Crippen LogP contribution in [0.25, 0.3) is 11.3 Å². The fraction of sp³-hybridized carbons (Fsp3) is 0.278. The van der Waals surface area contributed by atoms with Crippen LogP contribution in [-0.2, 0) is 24.9 Å². The van der Waals surface area contributed by atoms with Gasteiger partial charge < -0.3 is 9.73 Å². The lowest BCUT2D eigenvalue weighted by molar-refractivity contribution is -0.121. The first-order chi connectivity index (χ1) is 12.0. The molecule has 7 heteroatoms. The van der Waals surface area contributed by atoms with E-state index in [9.17, 15) is 9.59 Å². The van der Waals surface area contributed by atoms with Crippen LogP contribution in [0.3, 0.4) is 0 Å². The number of nitrogens with one attached hydrogen (secondary N) is 1. The van der Waals surface area contributed by atoms with Gasteiger partial charge in [0.05, 0.1) is 11.9 Å². The number of benzene rings is 1. The second kappa shape index (κ2) is 6.80. The predicted molar refractivity (Wildman–Crippen MR) is 92.9 cm³/mol. The Labute approximate surface area is 144 Å². The van der Waals surface area contributed by atoms with Crippen molar-refractivity contribution in [3.63, 3.8) is 0 Å². The molecule has 0 saturated carbocycles. The zero-order valence-electron chi connectivity index (χ0n) is 14.4. The summed E-state index contributed by atoms with van der Waals surface area (Å²) in [5.41, 5.74) is 3.66. The molecule has 1 amide bonds. The quantitative estimate of drug-likeness (QED) is 0.767. The van der Waals surface area contributed by atoms with E-state index >= 15 is 0 Å². The van der Waals surface area contributed by atoms with Gasteiger partial charge in [-0.25, -0.2) is 4.79 Å². The van der Waals surface area contributed by atoms with Crippen LogP contribution in [0.2, 0.25) is 0 Å². The van der Waals surface area contributed by atoms with Crippen molar-refractivity contribution in [3.8, 4) is 11.3 Å². The molecule has 2 heterocycles. The average molecular weight is 340 g/mol. The van der Waals surface area contributed by atoms with Crippen LogP contribution in [0.4, 0.5) is 0 Å². The summed E-state index contributed by atoms with van der Waals surface area (Å²) in [4.78, 5) is 24.1. The first-order valence-corrected chi connectivity index (χ1v) is 7.97. The zero-order chi connectivity index (χ0) is 18.0. The molecular weight excluding hydrogens is 320 g/mol. The lowest BCUT2D eigenvalue weighted by atomic mass is 10.2. The summed E-state index contributed by atoms with van der Waals surface area (Å²) in [6.45, 7) is 4.14. The molecule has 0 saturated heterocycles. The van der Waals surface area contributed by atoms with Gasteiger partial charge in [0.1, 0.15) is 6.54 Å². The van der Waals surface area contributed by atoms with Gasteiger partial charge in [-0.1, -0.05) is 30.3 Å².